The highest BCUT2D eigenvalue weighted by Gasteiger charge is 2.40. The van der Waals surface area contributed by atoms with E-state index >= 15 is 0 Å². The van der Waals surface area contributed by atoms with Gasteiger partial charge in [-0.1, -0.05) is 20.3 Å². The Balaban J connectivity index is 1.60. The number of carbonyl (C=O) groups is 1. The van der Waals surface area contributed by atoms with Crippen molar-refractivity contribution in [2.45, 2.75) is 58.0 Å². The Bertz CT molecular complexity index is 529. The summed E-state index contributed by atoms with van der Waals surface area (Å²) in [6.45, 7) is 7.07. The molecule has 5 heteroatoms. The van der Waals surface area contributed by atoms with Crippen molar-refractivity contribution >= 4 is 17.2 Å². The second-order valence-electron chi connectivity index (χ2n) is 7.74. The molecule has 0 spiro atoms. The molecule has 4 nitrogen and oxygen atoms in total. The largest absolute Gasteiger partial charge is 0.354 e. The van der Waals surface area contributed by atoms with E-state index in [4.69, 9.17) is 5.73 Å². The third kappa shape index (κ3) is 4.26. The van der Waals surface area contributed by atoms with Crippen molar-refractivity contribution in [2.75, 3.05) is 19.6 Å². The van der Waals surface area contributed by atoms with Crippen LogP contribution in [0.4, 0.5) is 0 Å². The van der Waals surface area contributed by atoms with Crippen LogP contribution in [0.2, 0.25) is 0 Å². The van der Waals surface area contributed by atoms with Crippen LogP contribution >= 0.6 is 11.3 Å². The molecule has 2 fully saturated rings. The van der Waals surface area contributed by atoms with Crippen LogP contribution in [0.3, 0.4) is 0 Å². The number of nitrogens with one attached hydrogen (secondary N) is 1. The fourth-order valence-corrected chi connectivity index (χ4v) is 5.64. The molecule has 1 aromatic heterocycles. The summed E-state index contributed by atoms with van der Waals surface area (Å²) in [5, 5.41) is 7.61. The molecule has 140 valence electrons. The molecule has 0 radical (unpaired) electrons. The van der Waals surface area contributed by atoms with Crippen molar-refractivity contribution in [3.05, 3.63) is 22.4 Å². The van der Waals surface area contributed by atoms with Gasteiger partial charge in [-0.15, -0.1) is 0 Å². The summed E-state index contributed by atoms with van der Waals surface area (Å²) in [6.07, 6.45) is 5.67. The van der Waals surface area contributed by atoms with Gasteiger partial charge >= 0.3 is 0 Å². The number of thiophene rings is 1. The Morgan fingerprint density at radius 1 is 1.32 bits per heavy atom. The molecule has 3 unspecified atom stereocenters. The molecule has 2 aliphatic rings. The summed E-state index contributed by atoms with van der Waals surface area (Å²) in [5.41, 5.74) is 7.69. The van der Waals surface area contributed by atoms with Crippen molar-refractivity contribution in [1.29, 1.82) is 0 Å². The van der Waals surface area contributed by atoms with Crippen LogP contribution in [0.1, 0.15) is 57.6 Å². The second kappa shape index (κ2) is 8.65. The van der Waals surface area contributed by atoms with Crippen LogP contribution in [-0.2, 0) is 4.79 Å². The van der Waals surface area contributed by atoms with Gasteiger partial charge in [0, 0.05) is 18.5 Å². The number of nitrogens with zero attached hydrogens (tertiary/aromatic N) is 1. The highest BCUT2D eigenvalue weighted by atomic mass is 32.1. The molecule has 0 aromatic carbocycles. The van der Waals surface area contributed by atoms with E-state index in [1.165, 1.54) is 24.8 Å². The van der Waals surface area contributed by atoms with E-state index in [9.17, 15) is 4.79 Å². The number of likely N-dealkylation sites (N-methyl/N-ethyl adjacent to an activating group) is 1. The molecule has 2 saturated carbocycles. The SMILES string of the molecule is CCN(CC)C(CNC(=O)C1CC2CCCC(C1)C2N)c1ccsc1. The number of rotatable bonds is 7. The minimum absolute atomic E-state index is 0.162. The summed E-state index contributed by atoms with van der Waals surface area (Å²) in [5.74, 6) is 1.52. The Labute approximate surface area is 156 Å². The summed E-state index contributed by atoms with van der Waals surface area (Å²) < 4.78 is 0. The van der Waals surface area contributed by atoms with Crippen LogP contribution in [0.5, 0.6) is 0 Å². The second-order valence-corrected chi connectivity index (χ2v) is 8.52. The van der Waals surface area contributed by atoms with Crippen molar-refractivity contribution < 1.29 is 4.79 Å². The normalized spacial score (nSPS) is 30.2. The molecule has 2 bridgehead atoms. The van der Waals surface area contributed by atoms with E-state index in [1.807, 2.05) is 0 Å². The highest BCUT2D eigenvalue weighted by molar-refractivity contribution is 7.07. The van der Waals surface area contributed by atoms with Crippen molar-refractivity contribution in [3.63, 3.8) is 0 Å². The monoisotopic (exact) mass is 363 g/mol. The van der Waals surface area contributed by atoms with Crippen LogP contribution in [0, 0.1) is 17.8 Å². The number of carbonyl (C=O) groups excluding carboxylic acids is 1. The van der Waals surface area contributed by atoms with Gasteiger partial charge in [0.2, 0.25) is 5.91 Å². The van der Waals surface area contributed by atoms with E-state index < -0.39 is 0 Å². The molecule has 0 aliphatic heterocycles. The summed E-state index contributed by atoms with van der Waals surface area (Å²) in [6, 6.07) is 2.78. The first kappa shape index (κ1) is 18.9. The van der Waals surface area contributed by atoms with Gasteiger partial charge in [-0.25, -0.2) is 0 Å². The molecule has 0 saturated heterocycles. The predicted octanol–water partition coefficient (Wildman–Crippen LogP) is 3.40. The quantitative estimate of drug-likeness (QED) is 0.780. The third-order valence-electron chi connectivity index (χ3n) is 6.43. The number of hydrogen-bond acceptors (Lipinski definition) is 4. The molecule has 2 aliphatic carbocycles. The minimum Gasteiger partial charge on any atom is -0.354 e. The van der Waals surface area contributed by atoms with Gasteiger partial charge in [0.05, 0.1) is 6.04 Å². The van der Waals surface area contributed by atoms with Gasteiger partial charge < -0.3 is 11.1 Å². The Morgan fingerprint density at radius 2 is 2.00 bits per heavy atom. The van der Waals surface area contributed by atoms with Gasteiger partial charge in [0.1, 0.15) is 0 Å². The first-order chi connectivity index (χ1) is 12.1. The Morgan fingerprint density at radius 3 is 2.56 bits per heavy atom. The lowest BCUT2D eigenvalue weighted by atomic mass is 9.65. The maximum atomic E-state index is 12.8. The lowest BCUT2D eigenvalue weighted by molar-refractivity contribution is -0.128. The highest BCUT2D eigenvalue weighted by Crippen LogP contribution is 2.41. The average molecular weight is 364 g/mol. The zero-order valence-corrected chi connectivity index (χ0v) is 16.4. The Hall–Kier alpha value is -0.910. The van der Waals surface area contributed by atoms with E-state index in [1.54, 1.807) is 11.3 Å². The van der Waals surface area contributed by atoms with E-state index in [2.05, 4.69) is 40.9 Å². The maximum Gasteiger partial charge on any atom is 0.223 e. The minimum atomic E-state index is 0.162. The first-order valence-corrected chi connectivity index (χ1v) is 10.9. The fraction of sp³-hybridized carbons (Fsp3) is 0.750. The van der Waals surface area contributed by atoms with Crippen molar-refractivity contribution in [2.24, 2.45) is 23.5 Å². The molecule has 1 heterocycles. The zero-order chi connectivity index (χ0) is 17.8. The number of fused-ring (bicyclic) bond motifs is 2. The number of amides is 1. The van der Waals surface area contributed by atoms with Gasteiger partial charge in [-0.05, 0) is 73.0 Å². The fourth-order valence-electron chi connectivity index (χ4n) is 4.93. The van der Waals surface area contributed by atoms with Crippen LogP contribution in [-0.4, -0.2) is 36.5 Å². The maximum absolute atomic E-state index is 12.8. The third-order valence-corrected chi connectivity index (χ3v) is 7.14. The van der Waals surface area contributed by atoms with E-state index in [-0.39, 0.29) is 17.9 Å². The first-order valence-electron chi connectivity index (χ1n) is 9.93. The molecule has 3 rings (SSSR count). The van der Waals surface area contributed by atoms with E-state index in [0.717, 1.165) is 25.9 Å². The standard InChI is InChI=1S/C20H33N3OS/c1-3-23(4-2)18(16-8-9-25-13-16)12-22-20(24)17-10-14-6-5-7-15(11-17)19(14)21/h8-9,13-15,17-19H,3-7,10-12,21H2,1-2H3,(H,22,24). The van der Waals surface area contributed by atoms with Crippen LogP contribution in [0.15, 0.2) is 16.8 Å². The zero-order valence-electron chi connectivity index (χ0n) is 15.6. The molecule has 25 heavy (non-hydrogen) atoms. The number of hydrogen-bond donors (Lipinski definition) is 2. The van der Waals surface area contributed by atoms with Gasteiger partial charge in [0.15, 0.2) is 0 Å². The predicted molar refractivity (Wildman–Crippen MR) is 105 cm³/mol. The smallest absolute Gasteiger partial charge is 0.223 e. The molecule has 1 aromatic rings. The van der Waals surface area contributed by atoms with Gasteiger partial charge in [0.25, 0.3) is 0 Å². The van der Waals surface area contributed by atoms with Crippen molar-refractivity contribution in [1.82, 2.24) is 10.2 Å². The molecular weight excluding hydrogens is 330 g/mol. The molecule has 3 atom stereocenters. The lowest BCUT2D eigenvalue weighted by Gasteiger charge is -2.43. The summed E-state index contributed by atoms with van der Waals surface area (Å²) in [4.78, 5) is 15.3. The van der Waals surface area contributed by atoms with Gasteiger partial charge in [-0.2, -0.15) is 11.3 Å². The Kier molecular flexibility index (Phi) is 6.53. The summed E-state index contributed by atoms with van der Waals surface area (Å²) >= 11 is 1.73. The molecular formula is C20H33N3OS. The average Bonchev–Trinajstić information content (AvgIpc) is 3.12. The van der Waals surface area contributed by atoms with Crippen LogP contribution in [0.25, 0.3) is 0 Å². The lowest BCUT2D eigenvalue weighted by Crippen LogP contribution is -2.49. The number of nitrogens with two attached hydrogens (primary N) is 1. The molecule has 1 amide bonds. The van der Waals surface area contributed by atoms with E-state index in [0.29, 0.717) is 24.4 Å². The molecule has 3 N–H and O–H groups in total. The van der Waals surface area contributed by atoms with Crippen LogP contribution < -0.4 is 11.1 Å². The topological polar surface area (TPSA) is 58.4 Å². The van der Waals surface area contributed by atoms with Crippen molar-refractivity contribution in [3.8, 4) is 0 Å². The summed E-state index contributed by atoms with van der Waals surface area (Å²) in [7, 11) is 0. The van der Waals surface area contributed by atoms with Gasteiger partial charge in [-0.3, -0.25) is 9.69 Å².